The molecule has 0 aromatic heterocycles. The largest absolute Gasteiger partial charge is 0.494 e. The minimum Gasteiger partial charge on any atom is -0.494 e. The van der Waals surface area contributed by atoms with Gasteiger partial charge >= 0.3 is 0 Å². The highest BCUT2D eigenvalue weighted by atomic mass is 35.5. The van der Waals surface area contributed by atoms with Crippen LogP contribution < -0.4 is 10.2 Å². The first-order chi connectivity index (χ1) is 12.1. The van der Waals surface area contributed by atoms with Gasteiger partial charge in [-0.2, -0.15) is 5.10 Å². The van der Waals surface area contributed by atoms with Crippen molar-refractivity contribution in [3.8, 4) is 5.75 Å². The van der Waals surface area contributed by atoms with Crippen molar-refractivity contribution >= 4 is 35.3 Å². The molecule has 0 aliphatic rings. The first-order valence-electron chi connectivity index (χ1n) is 8.07. The Balaban J connectivity index is 1.72. The van der Waals surface area contributed by atoms with Gasteiger partial charge in [0.1, 0.15) is 5.75 Å². The number of nitrogens with zero attached hydrogens (tertiary/aromatic N) is 1. The van der Waals surface area contributed by atoms with E-state index in [-0.39, 0.29) is 5.91 Å². The third kappa shape index (κ3) is 6.77. The van der Waals surface area contributed by atoms with Crippen molar-refractivity contribution in [3.63, 3.8) is 0 Å². The number of rotatable bonds is 8. The highest BCUT2D eigenvalue weighted by molar-refractivity contribution is 6.36. The summed E-state index contributed by atoms with van der Waals surface area (Å²) >= 11 is 11.9. The number of carbonyl (C=O) groups is 1. The Hall–Kier alpha value is -2.04. The molecule has 0 radical (unpaired) electrons. The third-order valence-corrected chi connectivity index (χ3v) is 4.02. The highest BCUT2D eigenvalue weighted by Gasteiger charge is 2.02. The normalized spacial score (nSPS) is 10.8. The van der Waals surface area contributed by atoms with Crippen molar-refractivity contribution in [2.24, 2.45) is 5.10 Å². The van der Waals surface area contributed by atoms with E-state index >= 15 is 0 Å². The molecular weight excluding hydrogens is 359 g/mol. The Bertz CT molecular complexity index is 731. The monoisotopic (exact) mass is 378 g/mol. The smallest absolute Gasteiger partial charge is 0.240 e. The van der Waals surface area contributed by atoms with Gasteiger partial charge in [-0.1, -0.05) is 41.4 Å². The van der Waals surface area contributed by atoms with Crippen molar-refractivity contribution in [3.05, 3.63) is 63.6 Å². The number of benzene rings is 2. The summed E-state index contributed by atoms with van der Waals surface area (Å²) in [6.07, 6.45) is 3.48. The summed E-state index contributed by atoms with van der Waals surface area (Å²) in [4.78, 5) is 11.8. The lowest BCUT2D eigenvalue weighted by Gasteiger charge is -2.05. The van der Waals surface area contributed by atoms with Crippen molar-refractivity contribution in [2.75, 3.05) is 6.61 Å². The minimum atomic E-state index is -0.132. The van der Waals surface area contributed by atoms with Crippen molar-refractivity contribution in [2.45, 2.75) is 26.2 Å². The molecule has 0 atom stereocenters. The molecule has 25 heavy (non-hydrogen) atoms. The van der Waals surface area contributed by atoms with E-state index in [9.17, 15) is 4.79 Å². The van der Waals surface area contributed by atoms with Gasteiger partial charge in [0.15, 0.2) is 0 Å². The molecule has 1 amide bonds. The van der Waals surface area contributed by atoms with E-state index in [4.69, 9.17) is 27.9 Å². The number of amides is 1. The van der Waals surface area contributed by atoms with Crippen LogP contribution in [0.4, 0.5) is 0 Å². The van der Waals surface area contributed by atoms with Gasteiger partial charge in [0.25, 0.3) is 0 Å². The molecule has 2 aromatic carbocycles. The molecule has 0 spiro atoms. The fraction of sp³-hybridized carbons (Fsp3) is 0.263. The van der Waals surface area contributed by atoms with Gasteiger partial charge in [-0.3, -0.25) is 4.79 Å². The van der Waals surface area contributed by atoms with Crippen LogP contribution in [0.3, 0.4) is 0 Å². The molecule has 0 heterocycles. The van der Waals surface area contributed by atoms with Crippen LogP contribution in [0.25, 0.3) is 0 Å². The fourth-order valence-corrected chi connectivity index (χ4v) is 2.67. The molecule has 4 nitrogen and oxygen atoms in total. The summed E-state index contributed by atoms with van der Waals surface area (Å²) in [7, 11) is 0. The van der Waals surface area contributed by atoms with E-state index in [2.05, 4.69) is 10.5 Å². The molecule has 6 heteroatoms. The van der Waals surface area contributed by atoms with Gasteiger partial charge in [0.05, 0.1) is 17.8 Å². The number of ether oxygens (including phenoxy) is 1. The summed E-state index contributed by atoms with van der Waals surface area (Å²) in [5.74, 6) is 0.728. The average Bonchev–Trinajstić information content (AvgIpc) is 2.59. The summed E-state index contributed by atoms with van der Waals surface area (Å²) in [6.45, 7) is 2.61. The first kappa shape index (κ1) is 19.3. The SMILES string of the molecule is CCOc1ccc(CCCC(=O)N/N=C/c2ccc(Cl)cc2Cl)cc1. The Morgan fingerprint density at radius 3 is 2.64 bits per heavy atom. The van der Waals surface area contributed by atoms with E-state index in [1.54, 1.807) is 18.2 Å². The van der Waals surface area contributed by atoms with Crippen LogP contribution in [0, 0.1) is 0 Å². The number of nitrogens with one attached hydrogen (secondary N) is 1. The molecule has 132 valence electrons. The zero-order chi connectivity index (χ0) is 18.1. The zero-order valence-electron chi connectivity index (χ0n) is 14.0. The van der Waals surface area contributed by atoms with Crippen LogP contribution in [0.15, 0.2) is 47.6 Å². The quantitative estimate of drug-likeness (QED) is 0.526. The molecule has 0 saturated carbocycles. The second-order valence-electron chi connectivity index (χ2n) is 5.39. The predicted molar refractivity (Wildman–Crippen MR) is 103 cm³/mol. The maximum Gasteiger partial charge on any atom is 0.240 e. The summed E-state index contributed by atoms with van der Waals surface area (Å²) < 4.78 is 5.40. The molecule has 2 aromatic rings. The lowest BCUT2D eigenvalue weighted by atomic mass is 10.1. The number of hydrogen-bond donors (Lipinski definition) is 1. The van der Waals surface area contributed by atoms with E-state index in [0.717, 1.165) is 18.6 Å². The number of aryl methyl sites for hydroxylation is 1. The molecule has 0 saturated heterocycles. The average molecular weight is 379 g/mol. The second kappa shape index (κ2) is 10.1. The lowest BCUT2D eigenvalue weighted by molar-refractivity contribution is -0.121. The van der Waals surface area contributed by atoms with Crippen molar-refractivity contribution in [1.82, 2.24) is 5.43 Å². The Morgan fingerprint density at radius 1 is 1.20 bits per heavy atom. The summed E-state index contributed by atoms with van der Waals surface area (Å²) in [6, 6.07) is 13.0. The van der Waals surface area contributed by atoms with Gasteiger partial charge in [-0.15, -0.1) is 0 Å². The third-order valence-electron chi connectivity index (χ3n) is 3.46. The van der Waals surface area contributed by atoms with Gasteiger partial charge in [0, 0.05) is 17.0 Å². The molecule has 0 aliphatic heterocycles. The Labute approximate surface area is 157 Å². The zero-order valence-corrected chi connectivity index (χ0v) is 15.5. The summed E-state index contributed by atoms with van der Waals surface area (Å²) in [5, 5.41) is 4.96. The number of hydrazone groups is 1. The molecule has 0 fully saturated rings. The van der Waals surface area contributed by atoms with E-state index in [0.29, 0.717) is 28.6 Å². The molecule has 1 N–H and O–H groups in total. The van der Waals surface area contributed by atoms with Crippen molar-refractivity contribution in [1.29, 1.82) is 0 Å². The second-order valence-corrected chi connectivity index (χ2v) is 6.23. The highest BCUT2D eigenvalue weighted by Crippen LogP contribution is 2.19. The van der Waals surface area contributed by atoms with Crippen LogP contribution in [-0.2, 0) is 11.2 Å². The van der Waals surface area contributed by atoms with Gasteiger partial charge in [-0.25, -0.2) is 5.43 Å². The van der Waals surface area contributed by atoms with Crippen LogP contribution in [0.2, 0.25) is 10.0 Å². The van der Waals surface area contributed by atoms with Crippen LogP contribution in [-0.4, -0.2) is 18.7 Å². The first-order valence-corrected chi connectivity index (χ1v) is 8.82. The lowest BCUT2D eigenvalue weighted by Crippen LogP contribution is -2.17. The number of hydrogen-bond acceptors (Lipinski definition) is 3. The van der Waals surface area contributed by atoms with Crippen LogP contribution >= 0.6 is 23.2 Å². The maximum atomic E-state index is 11.8. The molecular formula is C19H20Cl2N2O2. The standard InChI is InChI=1S/C19H20Cl2N2O2/c1-2-25-17-10-6-14(7-11-17)4-3-5-19(24)23-22-13-15-8-9-16(20)12-18(15)21/h6-13H,2-5H2,1H3,(H,23,24)/b22-13+. The number of halogens is 2. The molecule has 0 aliphatic carbocycles. The molecule has 0 bridgehead atoms. The molecule has 2 rings (SSSR count). The predicted octanol–water partition coefficient (Wildman–Crippen LogP) is 4.87. The van der Waals surface area contributed by atoms with E-state index in [1.807, 2.05) is 31.2 Å². The Kier molecular flexibility index (Phi) is 7.76. The number of carbonyl (C=O) groups excluding carboxylic acids is 1. The van der Waals surface area contributed by atoms with Gasteiger partial charge in [0.2, 0.25) is 5.91 Å². The van der Waals surface area contributed by atoms with Crippen LogP contribution in [0.5, 0.6) is 5.75 Å². The summed E-state index contributed by atoms with van der Waals surface area (Å²) in [5.41, 5.74) is 4.37. The minimum absolute atomic E-state index is 0.132. The van der Waals surface area contributed by atoms with E-state index in [1.165, 1.54) is 11.8 Å². The maximum absolute atomic E-state index is 11.8. The van der Waals surface area contributed by atoms with Crippen LogP contribution in [0.1, 0.15) is 30.9 Å². The fourth-order valence-electron chi connectivity index (χ4n) is 2.21. The van der Waals surface area contributed by atoms with Crippen molar-refractivity contribution < 1.29 is 9.53 Å². The van der Waals surface area contributed by atoms with Gasteiger partial charge in [-0.05, 0) is 49.6 Å². The van der Waals surface area contributed by atoms with Gasteiger partial charge < -0.3 is 4.74 Å². The Morgan fingerprint density at radius 2 is 1.96 bits per heavy atom. The molecule has 0 unspecified atom stereocenters. The topological polar surface area (TPSA) is 50.7 Å². The van der Waals surface area contributed by atoms with E-state index < -0.39 is 0 Å².